The van der Waals surface area contributed by atoms with E-state index in [1.807, 2.05) is 12.1 Å². The highest BCUT2D eigenvalue weighted by Crippen LogP contribution is 2.43. The van der Waals surface area contributed by atoms with Gasteiger partial charge in [-0.2, -0.15) is 0 Å². The first-order valence-electron chi connectivity index (χ1n) is 9.01. The summed E-state index contributed by atoms with van der Waals surface area (Å²) >= 11 is 9.79. The molecule has 6 nitrogen and oxygen atoms in total. The van der Waals surface area contributed by atoms with Crippen molar-refractivity contribution in [3.63, 3.8) is 0 Å². The van der Waals surface area contributed by atoms with Crippen LogP contribution >= 0.6 is 34.3 Å². The standard InChI is InChI=1S/C19H20ClN3OS2.CH2O2/c1-2-12-17-19(26-18(12)13-5-6-24-10-14(13)21)15(8-16(20)23-17)22-9-11-4-3-7-25-11;2-1-3/h2-4,7-8,13-14H,1,5-6,9-10,21H2,(H,22,23);1H,(H,2,3)/t13-,14-;/m1./s1. The van der Waals surface area contributed by atoms with Crippen LogP contribution in [-0.2, 0) is 16.1 Å². The molecule has 3 aromatic heterocycles. The van der Waals surface area contributed by atoms with Crippen LogP contribution in [0.5, 0.6) is 0 Å². The summed E-state index contributed by atoms with van der Waals surface area (Å²) in [5.41, 5.74) is 9.29. The average Bonchev–Trinajstić information content (AvgIpc) is 3.34. The van der Waals surface area contributed by atoms with Crippen LogP contribution < -0.4 is 11.1 Å². The van der Waals surface area contributed by atoms with E-state index in [4.69, 9.17) is 32.0 Å². The van der Waals surface area contributed by atoms with Gasteiger partial charge in [0.2, 0.25) is 0 Å². The molecule has 3 aromatic rings. The number of anilines is 1. The second-order valence-electron chi connectivity index (χ2n) is 6.43. The summed E-state index contributed by atoms with van der Waals surface area (Å²) in [6, 6.07) is 6.07. The minimum atomic E-state index is -0.250. The summed E-state index contributed by atoms with van der Waals surface area (Å²) < 4.78 is 6.62. The Labute approximate surface area is 182 Å². The van der Waals surface area contributed by atoms with Crippen molar-refractivity contribution in [1.29, 1.82) is 0 Å². The first-order chi connectivity index (χ1) is 14.1. The van der Waals surface area contributed by atoms with Crippen molar-refractivity contribution < 1.29 is 14.6 Å². The van der Waals surface area contributed by atoms with Crippen LogP contribution in [-0.4, -0.2) is 35.8 Å². The van der Waals surface area contributed by atoms with Crippen LogP contribution in [0.1, 0.15) is 27.7 Å². The molecule has 0 aromatic carbocycles. The number of halogens is 1. The van der Waals surface area contributed by atoms with Gasteiger partial charge in [-0.3, -0.25) is 4.79 Å². The number of pyridine rings is 1. The molecule has 0 bridgehead atoms. The van der Waals surface area contributed by atoms with Gasteiger partial charge >= 0.3 is 0 Å². The van der Waals surface area contributed by atoms with E-state index in [-0.39, 0.29) is 18.4 Å². The quantitative estimate of drug-likeness (QED) is 0.381. The summed E-state index contributed by atoms with van der Waals surface area (Å²) in [6.45, 7) is 5.85. The molecule has 9 heteroatoms. The van der Waals surface area contributed by atoms with Crippen LogP contribution in [0.2, 0.25) is 5.15 Å². The lowest BCUT2D eigenvalue weighted by molar-refractivity contribution is -0.122. The van der Waals surface area contributed by atoms with Crippen LogP contribution in [0, 0.1) is 0 Å². The lowest BCUT2D eigenvalue weighted by atomic mass is 9.91. The van der Waals surface area contributed by atoms with E-state index in [1.165, 1.54) is 9.75 Å². The molecule has 0 amide bonds. The third-order valence-corrected chi connectivity index (χ3v) is 7.08. The molecule has 29 heavy (non-hydrogen) atoms. The highest BCUT2D eigenvalue weighted by Gasteiger charge is 2.29. The molecule has 4 heterocycles. The van der Waals surface area contributed by atoms with E-state index in [1.54, 1.807) is 22.7 Å². The van der Waals surface area contributed by atoms with E-state index < -0.39 is 0 Å². The first-order valence-corrected chi connectivity index (χ1v) is 11.1. The Bertz CT molecular complexity index is 975. The summed E-state index contributed by atoms with van der Waals surface area (Å²) in [5.74, 6) is 0.264. The Balaban J connectivity index is 0.000000755. The zero-order chi connectivity index (χ0) is 20.8. The van der Waals surface area contributed by atoms with Crippen LogP contribution in [0.25, 0.3) is 16.3 Å². The van der Waals surface area contributed by atoms with Gasteiger partial charge < -0.3 is 20.9 Å². The van der Waals surface area contributed by atoms with Gasteiger partial charge in [0, 0.05) is 46.5 Å². The minimum absolute atomic E-state index is 0.00601. The number of ether oxygens (including phenoxy) is 1. The van der Waals surface area contributed by atoms with Gasteiger partial charge in [-0.05, 0) is 17.9 Å². The molecule has 1 saturated heterocycles. The topological polar surface area (TPSA) is 97.5 Å². The van der Waals surface area contributed by atoms with Crippen LogP contribution in [0.4, 0.5) is 5.69 Å². The van der Waals surface area contributed by atoms with Crippen LogP contribution in [0.3, 0.4) is 0 Å². The van der Waals surface area contributed by atoms with Crippen LogP contribution in [0.15, 0.2) is 30.2 Å². The van der Waals surface area contributed by atoms with E-state index in [0.717, 1.165) is 41.0 Å². The van der Waals surface area contributed by atoms with Gasteiger partial charge in [0.25, 0.3) is 6.47 Å². The predicted octanol–water partition coefficient (Wildman–Crippen LogP) is 4.80. The van der Waals surface area contributed by atoms with Gasteiger partial charge in [0.1, 0.15) is 5.15 Å². The molecule has 1 fully saturated rings. The number of aromatic nitrogens is 1. The van der Waals surface area contributed by atoms with Crippen molar-refractivity contribution in [1.82, 2.24) is 4.98 Å². The number of thiophene rings is 2. The normalized spacial score (nSPS) is 18.7. The third-order valence-electron chi connectivity index (χ3n) is 4.65. The monoisotopic (exact) mass is 451 g/mol. The van der Waals surface area contributed by atoms with Crippen molar-refractivity contribution in [2.45, 2.75) is 24.9 Å². The van der Waals surface area contributed by atoms with E-state index in [2.05, 4.69) is 34.4 Å². The smallest absolute Gasteiger partial charge is 0.290 e. The molecule has 4 rings (SSSR count). The highest BCUT2D eigenvalue weighted by atomic mass is 35.5. The molecule has 0 spiro atoms. The third kappa shape index (κ3) is 4.96. The van der Waals surface area contributed by atoms with E-state index in [9.17, 15) is 0 Å². The average molecular weight is 452 g/mol. The van der Waals surface area contributed by atoms with Crippen molar-refractivity contribution in [2.75, 3.05) is 18.5 Å². The molecule has 0 unspecified atom stereocenters. The number of carbonyl (C=O) groups is 1. The molecule has 2 atom stereocenters. The zero-order valence-corrected chi connectivity index (χ0v) is 18.0. The number of carboxylic acid groups (broad SMARTS) is 1. The zero-order valence-electron chi connectivity index (χ0n) is 15.6. The lowest BCUT2D eigenvalue weighted by Gasteiger charge is -2.28. The van der Waals surface area contributed by atoms with E-state index in [0.29, 0.717) is 11.8 Å². The summed E-state index contributed by atoms with van der Waals surface area (Å²) in [5, 5.41) is 13.0. The molecule has 0 saturated carbocycles. The van der Waals surface area contributed by atoms with Crippen molar-refractivity contribution in [2.24, 2.45) is 5.73 Å². The Morgan fingerprint density at radius 2 is 2.31 bits per heavy atom. The van der Waals surface area contributed by atoms with Crippen molar-refractivity contribution >= 4 is 62.7 Å². The molecule has 1 aliphatic heterocycles. The first kappa shape index (κ1) is 21.7. The molecule has 0 radical (unpaired) electrons. The highest BCUT2D eigenvalue weighted by molar-refractivity contribution is 7.20. The maximum absolute atomic E-state index is 8.36. The van der Waals surface area contributed by atoms with Crippen molar-refractivity contribution in [3.05, 3.63) is 50.6 Å². The summed E-state index contributed by atoms with van der Waals surface area (Å²) in [4.78, 5) is 15.5. The van der Waals surface area contributed by atoms with Crippen molar-refractivity contribution in [3.8, 4) is 0 Å². The van der Waals surface area contributed by atoms with Gasteiger partial charge in [-0.1, -0.05) is 30.3 Å². The Kier molecular flexibility index (Phi) is 7.63. The number of nitrogens with zero attached hydrogens (tertiary/aromatic N) is 1. The Hall–Kier alpha value is -1.97. The maximum atomic E-state index is 8.36. The van der Waals surface area contributed by atoms with Gasteiger partial charge in [0.05, 0.1) is 22.5 Å². The Morgan fingerprint density at radius 1 is 1.52 bits per heavy atom. The van der Waals surface area contributed by atoms with Gasteiger partial charge in [0.15, 0.2) is 0 Å². The molecule has 4 N–H and O–H groups in total. The molecular weight excluding hydrogens is 430 g/mol. The van der Waals surface area contributed by atoms with Gasteiger partial charge in [-0.15, -0.1) is 22.7 Å². The number of hydrogen-bond donors (Lipinski definition) is 3. The molecule has 1 aliphatic rings. The SMILES string of the molecule is C=Cc1c([C@@H]2CCOC[C@H]2N)sc2c(NCc3cccs3)cc(Cl)nc12.O=CO. The largest absolute Gasteiger partial charge is 0.483 e. The molecule has 0 aliphatic carbocycles. The number of fused-ring (bicyclic) bond motifs is 1. The predicted molar refractivity (Wildman–Crippen MR) is 121 cm³/mol. The minimum Gasteiger partial charge on any atom is -0.483 e. The fraction of sp³-hybridized carbons (Fsp3) is 0.300. The number of rotatable bonds is 5. The number of hydrogen-bond acceptors (Lipinski definition) is 7. The molecule has 154 valence electrons. The summed E-state index contributed by atoms with van der Waals surface area (Å²) in [6.07, 6.45) is 2.79. The van der Waals surface area contributed by atoms with Gasteiger partial charge in [-0.25, -0.2) is 4.98 Å². The number of nitrogens with two attached hydrogens (primary N) is 1. The number of nitrogens with one attached hydrogen (secondary N) is 1. The second-order valence-corrected chi connectivity index (χ2v) is 8.90. The lowest BCUT2D eigenvalue weighted by Crippen LogP contribution is -2.37. The second kappa shape index (κ2) is 10.2. The Morgan fingerprint density at radius 3 is 2.97 bits per heavy atom. The summed E-state index contributed by atoms with van der Waals surface area (Å²) in [7, 11) is 0. The maximum Gasteiger partial charge on any atom is 0.290 e. The fourth-order valence-corrected chi connectivity index (χ4v) is 5.64. The van der Waals surface area contributed by atoms with E-state index >= 15 is 0 Å². The molecular formula is C20H22ClN3O3S2. The fourth-order valence-electron chi connectivity index (χ4n) is 3.35.